The number of terminal acetylenes is 1. The molecule has 90 valence electrons. The van der Waals surface area contributed by atoms with Crippen molar-refractivity contribution >= 4 is 16.9 Å². The van der Waals surface area contributed by atoms with Gasteiger partial charge in [0.15, 0.2) is 0 Å². The number of para-hydroxylation sites is 2. The van der Waals surface area contributed by atoms with Gasteiger partial charge in [0.2, 0.25) is 0 Å². The van der Waals surface area contributed by atoms with Crippen LogP contribution >= 0.6 is 0 Å². The third kappa shape index (κ3) is 2.46. The van der Waals surface area contributed by atoms with Crippen molar-refractivity contribution in [1.82, 2.24) is 15.3 Å². The highest BCUT2D eigenvalue weighted by Gasteiger charge is 2.19. The summed E-state index contributed by atoms with van der Waals surface area (Å²) in [5.74, 6) is 2.18. The molecule has 0 bridgehead atoms. The Bertz CT molecular complexity index is 641. The Morgan fingerprint density at radius 2 is 2.00 bits per heavy atom. The number of fused-ring (bicyclic) bond motifs is 1. The molecule has 4 heteroatoms. The molecule has 0 saturated heterocycles. The van der Waals surface area contributed by atoms with Crippen LogP contribution in [-0.2, 0) is 0 Å². The van der Waals surface area contributed by atoms with Crippen LogP contribution in [-0.4, -0.2) is 21.4 Å². The average Bonchev–Trinajstić information content (AvgIpc) is 2.37. The van der Waals surface area contributed by atoms with Crippen molar-refractivity contribution in [2.75, 3.05) is 0 Å². The fraction of sp³-hybridized carbons (Fsp3) is 0.214. The first-order valence-electron chi connectivity index (χ1n) is 5.54. The molecule has 0 spiro atoms. The van der Waals surface area contributed by atoms with E-state index < -0.39 is 5.54 Å². The molecule has 1 amide bonds. The lowest BCUT2D eigenvalue weighted by molar-refractivity contribution is 0.0925. The van der Waals surface area contributed by atoms with Gasteiger partial charge in [0, 0.05) is 0 Å². The number of amides is 1. The molecule has 1 N–H and O–H groups in total. The van der Waals surface area contributed by atoms with Crippen molar-refractivity contribution in [3.05, 3.63) is 36.2 Å². The Kier molecular flexibility index (Phi) is 2.99. The topological polar surface area (TPSA) is 54.9 Å². The molecule has 0 aliphatic carbocycles. The van der Waals surface area contributed by atoms with Gasteiger partial charge in [-0.1, -0.05) is 18.1 Å². The zero-order chi connectivity index (χ0) is 13.2. The van der Waals surface area contributed by atoms with Crippen LogP contribution in [0.1, 0.15) is 24.3 Å². The minimum Gasteiger partial charge on any atom is -0.335 e. The third-order valence-electron chi connectivity index (χ3n) is 2.47. The van der Waals surface area contributed by atoms with Crippen molar-refractivity contribution in [2.24, 2.45) is 0 Å². The van der Waals surface area contributed by atoms with Crippen LogP contribution in [0.5, 0.6) is 0 Å². The standard InChI is InChI=1S/C14H13N3O/c1-4-14(2,3)17-13(18)12-9-15-10-7-5-6-8-11(10)16-12/h1,5-9H,2-3H3,(H,17,18). The molecule has 0 unspecified atom stereocenters. The molecule has 0 saturated carbocycles. The van der Waals surface area contributed by atoms with Crippen LogP contribution < -0.4 is 5.32 Å². The maximum absolute atomic E-state index is 12.0. The van der Waals surface area contributed by atoms with Gasteiger partial charge >= 0.3 is 0 Å². The van der Waals surface area contributed by atoms with Gasteiger partial charge in [-0.05, 0) is 26.0 Å². The van der Waals surface area contributed by atoms with Gasteiger partial charge in [-0.2, -0.15) is 0 Å². The van der Waals surface area contributed by atoms with Gasteiger partial charge in [0.1, 0.15) is 5.69 Å². The summed E-state index contributed by atoms with van der Waals surface area (Å²) in [6, 6.07) is 7.38. The number of hydrogen-bond donors (Lipinski definition) is 1. The second kappa shape index (κ2) is 4.46. The minimum atomic E-state index is -0.704. The highest BCUT2D eigenvalue weighted by molar-refractivity contribution is 5.94. The van der Waals surface area contributed by atoms with E-state index in [9.17, 15) is 4.79 Å². The Morgan fingerprint density at radius 3 is 2.67 bits per heavy atom. The average molecular weight is 239 g/mol. The lowest BCUT2D eigenvalue weighted by Gasteiger charge is -2.18. The van der Waals surface area contributed by atoms with Crippen molar-refractivity contribution in [3.63, 3.8) is 0 Å². The van der Waals surface area contributed by atoms with Crippen LogP contribution in [0.15, 0.2) is 30.5 Å². The lowest BCUT2D eigenvalue weighted by Crippen LogP contribution is -2.42. The summed E-state index contributed by atoms with van der Waals surface area (Å²) in [7, 11) is 0. The monoisotopic (exact) mass is 239 g/mol. The maximum atomic E-state index is 12.0. The van der Waals surface area contributed by atoms with E-state index in [2.05, 4.69) is 21.2 Å². The first kappa shape index (κ1) is 12.1. The van der Waals surface area contributed by atoms with Gasteiger partial charge in [-0.25, -0.2) is 4.98 Å². The molecule has 1 heterocycles. The summed E-state index contributed by atoms with van der Waals surface area (Å²) < 4.78 is 0. The fourth-order valence-corrected chi connectivity index (χ4v) is 1.45. The minimum absolute atomic E-state index is 0.261. The summed E-state index contributed by atoms with van der Waals surface area (Å²) in [5.41, 5.74) is 0.996. The first-order chi connectivity index (χ1) is 8.52. The number of rotatable bonds is 2. The summed E-state index contributed by atoms with van der Waals surface area (Å²) in [5, 5.41) is 2.71. The quantitative estimate of drug-likeness (QED) is 0.813. The normalized spacial score (nSPS) is 10.9. The lowest BCUT2D eigenvalue weighted by atomic mass is 10.1. The van der Waals surface area contributed by atoms with Crippen LogP contribution in [0, 0.1) is 12.3 Å². The molecule has 2 aromatic rings. The molecule has 4 nitrogen and oxygen atoms in total. The van der Waals surface area contributed by atoms with Crippen molar-refractivity contribution in [3.8, 4) is 12.3 Å². The van der Waals surface area contributed by atoms with Gasteiger partial charge in [-0.3, -0.25) is 9.78 Å². The number of nitrogens with one attached hydrogen (secondary N) is 1. The SMILES string of the molecule is C#CC(C)(C)NC(=O)c1cnc2ccccc2n1. The third-order valence-corrected chi connectivity index (χ3v) is 2.47. The Labute approximate surface area is 105 Å². The van der Waals surface area contributed by atoms with E-state index in [0.717, 1.165) is 5.52 Å². The van der Waals surface area contributed by atoms with E-state index in [0.29, 0.717) is 5.52 Å². The van der Waals surface area contributed by atoms with Crippen LogP contribution in [0.25, 0.3) is 11.0 Å². The number of carbonyl (C=O) groups excluding carboxylic acids is 1. The molecule has 0 radical (unpaired) electrons. The smallest absolute Gasteiger partial charge is 0.272 e. The highest BCUT2D eigenvalue weighted by Crippen LogP contribution is 2.09. The molecule has 0 atom stereocenters. The molecular weight excluding hydrogens is 226 g/mol. The van der Waals surface area contributed by atoms with Crippen molar-refractivity contribution < 1.29 is 4.79 Å². The molecule has 1 aromatic heterocycles. The van der Waals surface area contributed by atoms with Crippen molar-refractivity contribution in [1.29, 1.82) is 0 Å². The van der Waals surface area contributed by atoms with E-state index in [4.69, 9.17) is 6.42 Å². The van der Waals surface area contributed by atoms with Crippen LogP contribution in [0.4, 0.5) is 0 Å². The largest absolute Gasteiger partial charge is 0.335 e. The van der Waals surface area contributed by atoms with Gasteiger partial charge in [-0.15, -0.1) is 6.42 Å². The number of aromatic nitrogens is 2. The molecule has 0 fully saturated rings. The van der Waals surface area contributed by atoms with E-state index in [1.54, 1.807) is 13.8 Å². The second-order valence-electron chi connectivity index (χ2n) is 4.47. The highest BCUT2D eigenvalue weighted by atomic mass is 16.2. The summed E-state index contributed by atoms with van der Waals surface area (Å²) in [6.07, 6.45) is 6.77. The molecule has 0 aliphatic heterocycles. The Hall–Kier alpha value is -2.41. The summed E-state index contributed by atoms with van der Waals surface area (Å²) in [6.45, 7) is 3.50. The molecule has 18 heavy (non-hydrogen) atoms. The molecule has 2 rings (SSSR count). The number of carbonyl (C=O) groups is 1. The Morgan fingerprint density at radius 1 is 1.33 bits per heavy atom. The van der Waals surface area contributed by atoms with E-state index >= 15 is 0 Å². The number of nitrogens with zero attached hydrogens (tertiary/aromatic N) is 2. The second-order valence-corrected chi connectivity index (χ2v) is 4.47. The van der Waals surface area contributed by atoms with Gasteiger partial charge in [0.05, 0.1) is 22.8 Å². The predicted octanol–water partition coefficient (Wildman–Crippen LogP) is 1.77. The Balaban J connectivity index is 2.32. The number of benzene rings is 1. The van der Waals surface area contributed by atoms with Crippen LogP contribution in [0.2, 0.25) is 0 Å². The van der Waals surface area contributed by atoms with E-state index in [-0.39, 0.29) is 11.6 Å². The fourth-order valence-electron chi connectivity index (χ4n) is 1.45. The van der Waals surface area contributed by atoms with Crippen molar-refractivity contribution in [2.45, 2.75) is 19.4 Å². The zero-order valence-corrected chi connectivity index (χ0v) is 10.3. The number of hydrogen-bond acceptors (Lipinski definition) is 3. The van der Waals surface area contributed by atoms with E-state index in [1.807, 2.05) is 24.3 Å². The van der Waals surface area contributed by atoms with Gasteiger partial charge in [0.25, 0.3) is 5.91 Å². The van der Waals surface area contributed by atoms with Crippen LogP contribution in [0.3, 0.4) is 0 Å². The molecule has 0 aliphatic rings. The first-order valence-corrected chi connectivity index (χ1v) is 5.54. The summed E-state index contributed by atoms with van der Waals surface area (Å²) >= 11 is 0. The maximum Gasteiger partial charge on any atom is 0.272 e. The van der Waals surface area contributed by atoms with E-state index in [1.165, 1.54) is 6.20 Å². The predicted molar refractivity (Wildman–Crippen MR) is 69.9 cm³/mol. The van der Waals surface area contributed by atoms with Gasteiger partial charge < -0.3 is 5.32 Å². The summed E-state index contributed by atoms with van der Waals surface area (Å²) in [4.78, 5) is 20.4. The molecule has 1 aromatic carbocycles. The zero-order valence-electron chi connectivity index (χ0n) is 10.3. The molecular formula is C14H13N3O.